The number of ether oxygens (including phenoxy) is 3. The summed E-state index contributed by atoms with van der Waals surface area (Å²) in [4.78, 5) is 38.2. The van der Waals surface area contributed by atoms with E-state index in [0.717, 1.165) is 77.0 Å². The van der Waals surface area contributed by atoms with Gasteiger partial charge in [0.1, 0.15) is 13.2 Å². The van der Waals surface area contributed by atoms with Gasteiger partial charge in [0, 0.05) is 19.3 Å². The summed E-state index contributed by atoms with van der Waals surface area (Å²) < 4.78 is 16.9. The van der Waals surface area contributed by atoms with Crippen molar-refractivity contribution in [3.8, 4) is 0 Å². The fourth-order valence-electron chi connectivity index (χ4n) is 8.52. The van der Waals surface area contributed by atoms with E-state index >= 15 is 0 Å². The molecule has 68 heavy (non-hydrogen) atoms. The third kappa shape index (κ3) is 54.3. The van der Waals surface area contributed by atoms with Crippen LogP contribution in [0.4, 0.5) is 0 Å². The van der Waals surface area contributed by atoms with E-state index in [1.165, 1.54) is 193 Å². The van der Waals surface area contributed by atoms with Gasteiger partial charge >= 0.3 is 17.9 Å². The third-order valence-electron chi connectivity index (χ3n) is 13.0. The van der Waals surface area contributed by atoms with E-state index in [9.17, 15) is 14.4 Å². The molecule has 0 heterocycles. The van der Waals surface area contributed by atoms with Gasteiger partial charge < -0.3 is 14.2 Å². The highest BCUT2D eigenvalue weighted by molar-refractivity contribution is 5.71. The Morgan fingerprint density at radius 2 is 0.529 bits per heavy atom. The van der Waals surface area contributed by atoms with E-state index in [0.29, 0.717) is 19.3 Å². The zero-order valence-electron chi connectivity index (χ0n) is 45.4. The molecule has 0 N–H and O–H groups in total. The molecular weight excluding hydrogens is 841 g/mol. The van der Waals surface area contributed by atoms with Gasteiger partial charge in [-0.05, 0) is 103 Å². The number of hydrogen-bond donors (Lipinski definition) is 0. The first kappa shape index (κ1) is 65.4. The standard InChI is InChI=1S/C62H112O6/c1-4-7-10-13-16-19-22-25-28-30-32-34-37-40-43-46-49-52-55-61(64)67-58-59(57-66-60(63)54-51-48-45-42-39-36-33-27-24-21-18-15-12-9-6-3)68-62(65)56-53-50-47-44-41-38-35-31-29-26-23-20-17-14-11-8-5-2/h17,20,26-30,33,59H,4-16,18-19,21-25,31-32,34-58H2,1-3H3/b20-17-,29-26-,30-28-,33-27-. The molecule has 0 aliphatic rings. The Kier molecular flexibility index (Phi) is 54.8. The summed E-state index contributed by atoms with van der Waals surface area (Å²) in [6.07, 6.45) is 69.5. The van der Waals surface area contributed by atoms with E-state index in [-0.39, 0.29) is 31.1 Å². The minimum absolute atomic E-state index is 0.0797. The van der Waals surface area contributed by atoms with Crippen molar-refractivity contribution in [1.82, 2.24) is 0 Å². The Labute approximate surface area is 422 Å². The highest BCUT2D eigenvalue weighted by Crippen LogP contribution is 2.15. The molecule has 0 bridgehead atoms. The molecule has 396 valence electrons. The summed E-state index contributed by atoms with van der Waals surface area (Å²) in [6.45, 7) is 6.62. The van der Waals surface area contributed by atoms with E-state index in [1.54, 1.807) is 0 Å². The van der Waals surface area contributed by atoms with Gasteiger partial charge in [0.05, 0.1) is 0 Å². The summed E-state index contributed by atoms with van der Waals surface area (Å²) in [5.41, 5.74) is 0. The first-order valence-corrected chi connectivity index (χ1v) is 29.6. The van der Waals surface area contributed by atoms with Crippen LogP contribution in [0.2, 0.25) is 0 Å². The van der Waals surface area contributed by atoms with Crippen LogP contribution in [-0.2, 0) is 28.6 Å². The quantitative estimate of drug-likeness (QED) is 0.0262. The zero-order chi connectivity index (χ0) is 49.3. The highest BCUT2D eigenvalue weighted by atomic mass is 16.6. The van der Waals surface area contributed by atoms with Crippen LogP contribution < -0.4 is 0 Å². The number of carbonyl (C=O) groups is 3. The van der Waals surface area contributed by atoms with Crippen LogP contribution in [0.25, 0.3) is 0 Å². The first-order valence-electron chi connectivity index (χ1n) is 29.6. The molecule has 6 heteroatoms. The molecule has 0 fully saturated rings. The van der Waals surface area contributed by atoms with Gasteiger partial charge in [0.25, 0.3) is 0 Å². The van der Waals surface area contributed by atoms with Crippen LogP contribution in [0.15, 0.2) is 48.6 Å². The third-order valence-corrected chi connectivity index (χ3v) is 13.0. The molecular formula is C62H112O6. The number of unbranched alkanes of at least 4 members (excludes halogenated alkanes) is 35. The molecule has 0 aliphatic heterocycles. The van der Waals surface area contributed by atoms with Crippen LogP contribution in [-0.4, -0.2) is 37.2 Å². The molecule has 0 saturated carbocycles. The number of allylic oxidation sites excluding steroid dienone is 8. The van der Waals surface area contributed by atoms with Gasteiger partial charge in [-0.25, -0.2) is 0 Å². The maximum absolute atomic E-state index is 12.9. The van der Waals surface area contributed by atoms with Crippen LogP contribution in [0.1, 0.15) is 310 Å². The number of rotatable bonds is 54. The molecule has 0 amide bonds. The van der Waals surface area contributed by atoms with E-state index in [2.05, 4.69) is 69.4 Å². The van der Waals surface area contributed by atoms with Gasteiger partial charge in [-0.3, -0.25) is 14.4 Å². The van der Waals surface area contributed by atoms with E-state index in [4.69, 9.17) is 14.2 Å². The van der Waals surface area contributed by atoms with Gasteiger partial charge in [-0.15, -0.1) is 0 Å². The lowest BCUT2D eigenvalue weighted by Gasteiger charge is -2.18. The minimum Gasteiger partial charge on any atom is -0.462 e. The molecule has 1 unspecified atom stereocenters. The Balaban J connectivity index is 4.38. The molecule has 1 atom stereocenters. The van der Waals surface area contributed by atoms with Crippen LogP contribution in [0.5, 0.6) is 0 Å². The predicted octanol–water partition coefficient (Wildman–Crippen LogP) is 19.8. The number of esters is 3. The van der Waals surface area contributed by atoms with Crippen LogP contribution in [0.3, 0.4) is 0 Å². The van der Waals surface area contributed by atoms with Crippen molar-refractivity contribution in [2.45, 2.75) is 316 Å². The summed E-state index contributed by atoms with van der Waals surface area (Å²) >= 11 is 0. The zero-order valence-corrected chi connectivity index (χ0v) is 45.4. The van der Waals surface area contributed by atoms with Crippen molar-refractivity contribution >= 4 is 17.9 Å². The van der Waals surface area contributed by atoms with Gasteiger partial charge in [-0.2, -0.15) is 0 Å². The Hall–Kier alpha value is -2.63. The van der Waals surface area contributed by atoms with Gasteiger partial charge in [-0.1, -0.05) is 236 Å². The second kappa shape index (κ2) is 57.0. The van der Waals surface area contributed by atoms with Crippen molar-refractivity contribution in [2.75, 3.05) is 13.2 Å². The first-order chi connectivity index (χ1) is 33.5. The molecule has 0 rings (SSSR count). The second-order valence-electron chi connectivity index (χ2n) is 19.9. The van der Waals surface area contributed by atoms with Crippen molar-refractivity contribution in [1.29, 1.82) is 0 Å². The summed E-state index contributed by atoms with van der Waals surface area (Å²) in [5.74, 6) is -0.886. The number of hydrogen-bond acceptors (Lipinski definition) is 6. The van der Waals surface area contributed by atoms with E-state index < -0.39 is 6.10 Å². The Morgan fingerprint density at radius 1 is 0.294 bits per heavy atom. The number of carbonyl (C=O) groups excluding carboxylic acids is 3. The van der Waals surface area contributed by atoms with Gasteiger partial charge in [0.15, 0.2) is 6.10 Å². The van der Waals surface area contributed by atoms with Crippen LogP contribution >= 0.6 is 0 Å². The second-order valence-corrected chi connectivity index (χ2v) is 19.9. The molecule has 0 aromatic heterocycles. The van der Waals surface area contributed by atoms with Gasteiger partial charge in [0.2, 0.25) is 0 Å². The fourth-order valence-corrected chi connectivity index (χ4v) is 8.52. The van der Waals surface area contributed by atoms with Crippen molar-refractivity contribution in [3.05, 3.63) is 48.6 Å². The normalized spacial score (nSPS) is 12.3. The summed E-state index contributed by atoms with van der Waals surface area (Å²) in [5, 5.41) is 0. The Morgan fingerprint density at radius 3 is 0.853 bits per heavy atom. The van der Waals surface area contributed by atoms with Crippen LogP contribution in [0, 0.1) is 0 Å². The molecule has 6 nitrogen and oxygen atoms in total. The maximum atomic E-state index is 12.9. The highest BCUT2D eigenvalue weighted by Gasteiger charge is 2.19. The van der Waals surface area contributed by atoms with Crippen molar-refractivity contribution in [2.24, 2.45) is 0 Å². The Bertz CT molecular complexity index is 1190. The van der Waals surface area contributed by atoms with E-state index in [1.807, 2.05) is 0 Å². The topological polar surface area (TPSA) is 78.9 Å². The minimum atomic E-state index is -0.782. The SMILES string of the molecule is CCCCC/C=C\C/C=C\CCCCCCCCCC(=O)OC(COC(=O)CCCCCCC/C=C\CCCCCCCC)COC(=O)CCCCCCCCC/C=C\CCCCCCCCC. The molecule has 0 radical (unpaired) electrons. The monoisotopic (exact) mass is 953 g/mol. The molecule has 0 aliphatic carbocycles. The summed E-state index contributed by atoms with van der Waals surface area (Å²) in [7, 11) is 0. The van der Waals surface area contributed by atoms with Crippen molar-refractivity contribution in [3.63, 3.8) is 0 Å². The smallest absolute Gasteiger partial charge is 0.306 e. The molecule has 0 aromatic rings. The molecule has 0 aromatic carbocycles. The summed E-state index contributed by atoms with van der Waals surface area (Å²) in [6, 6.07) is 0. The maximum Gasteiger partial charge on any atom is 0.306 e. The van der Waals surface area contributed by atoms with Crippen molar-refractivity contribution < 1.29 is 28.6 Å². The largest absolute Gasteiger partial charge is 0.462 e. The molecule has 0 saturated heterocycles. The average molecular weight is 954 g/mol. The predicted molar refractivity (Wildman–Crippen MR) is 293 cm³/mol. The fraction of sp³-hybridized carbons (Fsp3) is 0.823. The lowest BCUT2D eigenvalue weighted by Crippen LogP contribution is -2.30. The lowest BCUT2D eigenvalue weighted by molar-refractivity contribution is -0.167. The molecule has 0 spiro atoms. The average Bonchev–Trinajstić information content (AvgIpc) is 3.34. The lowest BCUT2D eigenvalue weighted by atomic mass is 10.1.